The van der Waals surface area contributed by atoms with Crippen LogP contribution in [0.5, 0.6) is 0 Å². The summed E-state index contributed by atoms with van der Waals surface area (Å²) in [5.74, 6) is 1.83. The molecule has 0 aromatic carbocycles. The summed E-state index contributed by atoms with van der Waals surface area (Å²) in [4.78, 5) is 24.6. The molecule has 0 fully saturated rings. The van der Waals surface area contributed by atoms with Gasteiger partial charge in [-0.1, -0.05) is 12.8 Å². The third-order valence-electron chi connectivity index (χ3n) is 2.16. The molecule has 0 aromatic heterocycles. The zero-order chi connectivity index (χ0) is 15.1. The Morgan fingerprint density at radius 3 is 2.37 bits per heavy atom. The average molecular weight is 269 g/mol. The van der Waals surface area contributed by atoms with Crippen molar-refractivity contribution in [3.63, 3.8) is 0 Å². The Kier molecular flexibility index (Phi) is 6.99. The lowest BCUT2D eigenvalue weighted by atomic mass is 10.2. The van der Waals surface area contributed by atoms with Gasteiger partial charge in [0, 0.05) is 0 Å². The van der Waals surface area contributed by atoms with Crippen LogP contribution >= 0.6 is 0 Å². The quantitative estimate of drug-likeness (QED) is 0.567. The number of rotatable bonds is 5. The van der Waals surface area contributed by atoms with E-state index in [-0.39, 0.29) is 19.2 Å². The molecule has 0 heterocycles. The van der Waals surface area contributed by atoms with Gasteiger partial charge in [-0.15, -0.1) is 6.42 Å². The highest BCUT2D eigenvalue weighted by Crippen LogP contribution is 2.10. The highest BCUT2D eigenvalue weighted by molar-refractivity contribution is 5.78. The molecule has 0 saturated carbocycles. The Labute approximate surface area is 115 Å². The molecule has 19 heavy (non-hydrogen) atoms. The first-order chi connectivity index (χ1) is 8.69. The minimum atomic E-state index is -0.634. The smallest absolute Gasteiger partial charge is 0.411 e. The van der Waals surface area contributed by atoms with Gasteiger partial charge in [0.1, 0.15) is 12.1 Å². The topological polar surface area (TPSA) is 55.8 Å². The van der Waals surface area contributed by atoms with Gasteiger partial charge in [0.15, 0.2) is 0 Å². The number of hydrogen-bond donors (Lipinski definition) is 0. The summed E-state index contributed by atoms with van der Waals surface area (Å²) in [5, 5.41) is 0. The van der Waals surface area contributed by atoms with Gasteiger partial charge in [0.05, 0.1) is 12.6 Å². The van der Waals surface area contributed by atoms with E-state index >= 15 is 0 Å². The zero-order valence-corrected chi connectivity index (χ0v) is 12.4. The number of esters is 1. The Hall–Kier alpha value is -1.70. The van der Waals surface area contributed by atoms with Crippen molar-refractivity contribution >= 4 is 12.1 Å². The largest absolute Gasteiger partial charge is 0.461 e. The van der Waals surface area contributed by atoms with Crippen molar-refractivity contribution in [3.8, 4) is 12.3 Å². The van der Waals surface area contributed by atoms with Gasteiger partial charge in [-0.25, -0.2) is 4.79 Å². The molecule has 0 saturated heterocycles. The molecule has 0 aliphatic carbocycles. The van der Waals surface area contributed by atoms with Crippen molar-refractivity contribution in [2.45, 2.75) is 52.7 Å². The number of carbonyl (C=O) groups is 2. The zero-order valence-electron chi connectivity index (χ0n) is 12.4. The van der Waals surface area contributed by atoms with E-state index in [0.717, 1.165) is 4.90 Å². The van der Waals surface area contributed by atoms with Crippen LogP contribution in [0.25, 0.3) is 0 Å². The lowest BCUT2D eigenvalue weighted by Crippen LogP contribution is -2.41. The SMILES string of the molecule is C#CCN(CC(=O)OC(C)CC)C(=O)OC(C)(C)C. The first-order valence-electron chi connectivity index (χ1n) is 6.30. The van der Waals surface area contributed by atoms with Gasteiger partial charge >= 0.3 is 12.1 Å². The van der Waals surface area contributed by atoms with E-state index in [2.05, 4.69) is 5.92 Å². The second-order valence-electron chi connectivity index (χ2n) is 5.25. The van der Waals surface area contributed by atoms with E-state index in [9.17, 15) is 9.59 Å². The van der Waals surface area contributed by atoms with Gasteiger partial charge in [0.2, 0.25) is 0 Å². The molecule has 5 nitrogen and oxygen atoms in total. The van der Waals surface area contributed by atoms with Crippen LogP contribution in [0.4, 0.5) is 4.79 Å². The monoisotopic (exact) mass is 269 g/mol. The fourth-order valence-corrected chi connectivity index (χ4v) is 1.12. The molecular weight excluding hydrogens is 246 g/mol. The third kappa shape index (κ3) is 8.09. The summed E-state index contributed by atoms with van der Waals surface area (Å²) in [7, 11) is 0. The maximum atomic E-state index is 11.8. The Bertz CT molecular complexity index is 351. The van der Waals surface area contributed by atoms with E-state index in [1.165, 1.54) is 0 Å². The summed E-state index contributed by atoms with van der Waals surface area (Å²) < 4.78 is 10.3. The number of hydrogen-bond acceptors (Lipinski definition) is 4. The number of terminal acetylenes is 1. The van der Waals surface area contributed by atoms with Gasteiger partial charge < -0.3 is 9.47 Å². The number of nitrogens with zero attached hydrogens (tertiary/aromatic N) is 1. The molecule has 1 amide bonds. The molecule has 0 aliphatic heterocycles. The number of ether oxygens (including phenoxy) is 2. The summed E-state index contributed by atoms with van der Waals surface area (Å²) >= 11 is 0. The second-order valence-corrected chi connectivity index (χ2v) is 5.25. The maximum Gasteiger partial charge on any atom is 0.411 e. The first-order valence-corrected chi connectivity index (χ1v) is 6.30. The van der Waals surface area contributed by atoms with Crippen molar-refractivity contribution in [1.29, 1.82) is 0 Å². The summed E-state index contributed by atoms with van der Waals surface area (Å²) in [6.45, 7) is 8.74. The molecule has 0 aromatic rings. The number of carbonyl (C=O) groups excluding carboxylic acids is 2. The molecule has 5 heteroatoms. The van der Waals surface area contributed by atoms with Crippen LogP contribution in [-0.4, -0.2) is 41.8 Å². The highest BCUT2D eigenvalue weighted by Gasteiger charge is 2.24. The summed E-state index contributed by atoms with van der Waals surface area (Å²) in [6.07, 6.45) is 5.10. The van der Waals surface area contributed by atoms with Crippen molar-refractivity contribution in [2.75, 3.05) is 13.1 Å². The standard InChI is InChI=1S/C14H23NO4/c1-7-9-15(13(17)19-14(4,5)6)10-12(16)18-11(3)8-2/h1,11H,8-10H2,2-6H3. The molecule has 0 radical (unpaired) electrons. The third-order valence-corrected chi connectivity index (χ3v) is 2.16. The van der Waals surface area contributed by atoms with Gasteiger partial charge in [0.25, 0.3) is 0 Å². The van der Waals surface area contributed by atoms with Crippen molar-refractivity contribution in [1.82, 2.24) is 4.90 Å². The molecule has 0 bridgehead atoms. The van der Waals surface area contributed by atoms with E-state index in [4.69, 9.17) is 15.9 Å². The lowest BCUT2D eigenvalue weighted by molar-refractivity contribution is -0.149. The Morgan fingerprint density at radius 2 is 1.95 bits per heavy atom. The van der Waals surface area contributed by atoms with E-state index < -0.39 is 17.7 Å². The summed E-state index contributed by atoms with van der Waals surface area (Å²) in [6, 6.07) is 0. The Balaban J connectivity index is 4.53. The fraction of sp³-hybridized carbons (Fsp3) is 0.714. The molecular formula is C14H23NO4. The molecule has 1 atom stereocenters. The van der Waals surface area contributed by atoms with Gasteiger partial charge in [-0.2, -0.15) is 0 Å². The van der Waals surface area contributed by atoms with Crippen LogP contribution in [0.2, 0.25) is 0 Å². The normalized spacial score (nSPS) is 12.2. The Morgan fingerprint density at radius 1 is 1.37 bits per heavy atom. The predicted octanol–water partition coefficient (Wildman–Crippen LogP) is 2.20. The maximum absolute atomic E-state index is 11.8. The second kappa shape index (κ2) is 7.67. The average Bonchev–Trinajstić information content (AvgIpc) is 2.25. The molecule has 0 rings (SSSR count). The van der Waals surface area contributed by atoms with Crippen molar-refractivity contribution < 1.29 is 19.1 Å². The van der Waals surface area contributed by atoms with E-state index in [1.807, 2.05) is 6.92 Å². The number of amides is 1. The van der Waals surface area contributed by atoms with E-state index in [1.54, 1.807) is 27.7 Å². The molecule has 108 valence electrons. The van der Waals surface area contributed by atoms with Crippen LogP contribution in [0.15, 0.2) is 0 Å². The minimum absolute atomic E-state index is 0.00448. The van der Waals surface area contributed by atoms with Crippen molar-refractivity contribution in [2.24, 2.45) is 0 Å². The van der Waals surface area contributed by atoms with Crippen LogP contribution in [0, 0.1) is 12.3 Å². The fourth-order valence-electron chi connectivity index (χ4n) is 1.12. The van der Waals surface area contributed by atoms with Gasteiger partial charge in [-0.3, -0.25) is 9.69 Å². The van der Waals surface area contributed by atoms with E-state index in [0.29, 0.717) is 6.42 Å². The lowest BCUT2D eigenvalue weighted by Gasteiger charge is -2.25. The van der Waals surface area contributed by atoms with Gasteiger partial charge in [-0.05, 0) is 34.1 Å². The molecule has 0 N–H and O–H groups in total. The van der Waals surface area contributed by atoms with Crippen molar-refractivity contribution in [3.05, 3.63) is 0 Å². The van der Waals surface area contributed by atoms with Crippen LogP contribution in [0.1, 0.15) is 41.0 Å². The molecule has 1 unspecified atom stereocenters. The summed E-state index contributed by atoms with van der Waals surface area (Å²) in [5.41, 5.74) is -0.634. The van der Waals surface area contributed by atoms with Crippen LogP contribution in [-0.2, 0) is 14.3 Å². The predicted molar refractivity (Wildman–Crippen MR) is 72.5 cm³/mol. The molecule has 0 aliphatic rings. The minimum Gasteiger partial charge on any atom is -0.461 e. The first kappa shape index (κ1) is 17.3. The highest BCUT2D eigenvalue weighted by atomic mass is 16.6. The molecule has 0 spiro atoms. The van der Waals surface area contributed by atoms with Crippen LogP contribution < -0.4 is 0 Å². The van der Waals surface area contributed by atoms with Crippen LogP contribution in [0.3, 0.4) is 0 Å².